The summed E-state index contributed by atoms with van der Waals surface area (Å²) in [6, 6.07) is 6.69. The fourth-order valence-corrected chi connectivity index (χ4v) is 3.98. The van der Waals surface area contributed by atoms with Crippen molar-refractivity contribution >= 4 is 15.9 Å². The van der Waals surface area contributed by atoms with Gasteiger partial charge >= 0.3 is 0 Å². The van der Waals surface area contributed by atoms with E-state index in [1.165, 1.54) is 37.7 Å². The molecule has 1 aromatic carbocycles. The highest BCUT2D eigenvalue weighted by Crippen LogP contribution is 2.47. The van der Waals surface area contributed by atoms with Gasteiger partial charge in [0, 0.05) is 10.5 Å². The average molecular weight is 326 g/mol. The molecule has 0 bridgehead atoms. The fraction of sp³-hybridized carbons (Fsp3) is 0.625. The smallest absolute Gasteiger partial charge is 0.120 e. The largest absolute Gasteiger partial charge is 0.497 e. The predicted molar refractivity (Wildman–Crippen MR) is 83.7 cm³/mol. The monoisotopic (exact) mass is 325 g/mol. The molecule has 0 saturated heterocycles. The van der Waals surface area contributed by atoms with E-state index in [4.69, 9.17) is 4.74 Å². The first-order chi connectivity index (χ1) is 9.10. The summed E-state index contributed by atoms with van der Waals surface area (Å²) in [5, 5.41) is 3.54. The van der Waals surface area contributed by atoms with Crippen LogP contribution in [0.15, 0.2) is 22.7 Å². The van der Waals surface area contributed by atoms with Gasteiger partial charge in [0.25, 0.3) is 0 Å². The Kier molecular flexibility index (Phi) is 4.91. The molecule has 0 radical (unpaired) electrons. The molecule has 1 saturated carbocycles. The van der Waals surface area contributed by atoms with Crippen LogP contribution in [0.2, 0.25) is 0 Å². The van der Waals surface area contributed by atoms with E-state index >= 15 is 0 Å². The lowest BCUT2D eigenvalue weighted by atomic mass is 9.68. The zero-order chi connectivity index (χ0) is 13.9. The van der Waals surface area contributed by atoms with Crippen LogP contribution in [0.25, 0.3) is 0 Å². The van der Waals surface area contributed by atoms with Crippen LogP contribution in [0.1, 0.15) is 50.6 Å². The molecule has 1 aliphatic carbocycles. The van der Waals surface area contributed by atoms with E-state index in [2.05, 4.69) is 53.4 Å². The van der Waals surface area contributed by atoms with E-state index in [0.29, 0.717) is 11.5 Å². The number of benzene rings is 1. The number of hydrogen-bond donors (Lipinski definition) is 1. The summed E-state index contributed by atoms with van der Waals surface area (Å²) in [5.41, 5.74) is 1.69. The predicted octanol–water partition coefficient (Wildman–Crippen LogP) is 4.69. The molecule has 0 amide bonds. The molecule has 19 heavy (non-hydrogen) atoms. The SMILES string of the molecule is CNC(c1ccc(OC)cc1Br)C1(C)CCCCC1. The lowest BCUT2D eigenvalue weighted by Crippen LogP contribution is -2.36. The molecule has 0 aliphatic heterocycles. The van der Waals surface area contributed by atoms with Gasteiger partial charge in [-0.3, -0.25) is 0 Å². The topological polar surface area (TPSA) is 21.3 Å². The molecule has 0 aromatic heterocycles. The van der Waals surface area contributed by atoms with Crippen LogP contribution in [-0.2, 0) is 0 Å². The Balaban J connectivity index is 2.30. The summed E-state index contributed by atoms with van der Waals surface area (Å²) in [6.45, 7) is 2.42. The van der Waals surface area contributed by atoms with Crippen molar-refractivity contribution in [3.05, 3.63) is 28.2 Å². The van der Waals surface area contributed by atoms with E-state index in [1.807, 2.05) is 0 Å². The maximum Gasteiger partial charge on any atom is 0.120 e. The van der Waals surface area contributed by atoms with Crippen molar-refractivity contribution in [3.63, 3.8) is 0 Å². The van der Waals surface area contributed by atoms with Crippen LogP contribution >= 0.6 is 15.9 Å². The Hall–Kier alpha value is -0.540. The summed E-state index contributed by atoms with van der Waals surface area (Å²) >= 11 is 3.70. The molecule has 3 heteroatoms. The van der Waals surface area contributed by atoms with Crippen LogP contribution in [0.4, 0.5) is 0 Å². The third-order valence-electron chi connectivity index (χ3n) is 4.50. The third-order valence-corrected chi connectivity index (χ3v) is 5.19. The van der Waals surface area contributed by atoms with Gasteiger partial charge in [0.1, 0.15) is 5.75 Å². The summed E-state index contributed by atoms with van der Waals surface area (Å²) in [7, 11) is 3.78. The normalized spacial score (nSPS) is 20.0. The minimum atomic E-state index is 0.351. The minimum Gasteiger partial charge on any atom is -0.497 e. The number of nitrogens with one attached hydrogen (secondary N) is 1. The Morgan fingerprint density at radius 3 is 2.47 bits per heavy atom. The van der Waals surface area contributed by atoms with Gasteiger partial charge in [0.05, 0.1) is 7.11 Å². The van der Waals surface area contributed by atoms with Gasteiger partial charge in [-0.2, -0.15) is 0 Å². The molecule has 1 atom stereocenters. The van der Waals surface area contributed by atoms with E-state index in [1.54, 1.807) is 7.11 Å². The first-order valence-corrected chi connectivity index (χ1v) is 7.91. The highest BCUT2D eigenvalue weighted by molar-refractivity contribution is 9.10. The average Bonchev–Trinajstić information content (AvgIpc) is 2.42. The summed E-state index contributed by atoms with van der Waals surface area (Å²) in [5.74, 6) is 0.902. The first-order valence-electron chi connectivity index (χ1n) is 7.11. The second-order valence-corrected chi connectivity index (χ2v) is 6.68. The molecule has 1 aromatic rings. The number of ether oxygens (including phenoxy) is 1. The maximum atomic E-state index is 5.28. The summed E-state index contributed by atoms with van der Waals surface area (Å²) < 4.78 is 6.42. The molecule has 2 nitrogen and oxygen atoms in total. The van der Waals surface area contributed by atoms with Crippen molar-refractivity contribution in [3.8, 4) is 5.75 Å². The van der Waals surface area contributed by atoms with Gasteiger partial charge in [-0.25, -0.2) is 0 Å². The van der Waals surface area contributed by atoms with Gasteiger partial charge in [-0.15, -0.1) is 0 Å². The molecule has 1 N–H and O–H groups in total. The molecule has 1 unspecified atom stereocenters. The van der Waals surface area contributed by atoms with Crippen molar-refractivity contribution in [1.29, 1.82) is 0 Å². The lowest BCUT2D eigenvalue weighted by molar-refractivity contribution is 0.150. The van der Waals surface area contributed by atoms with Crippen molar-refractivity contribution in [1.82, 2.24) is 5.32 Å². The van der Waals surface area contributed by atoms with E-state index in [9.17, 15) is 0 Å². The Bertz CT molecular complexity index is 427. The molecule has 0 heterocycles. The van der Waals surface area contributed by atoms with E-state index in [0.717, 1.165) is 10.2 Å². The van der Waals surface area contributed by atoms with Crippen LogP contribution in [0.5, 0.6) is 5.75 Å². The number of methoxy groups -OCH3 is 1. The third kappa shape index (κ3) is 3.14. The first kappa shape index (κ1) is 14.9. The zero-order valence-corrected chi connectivity index (χ0v) is 13.7. The fourth-order valence-electron chi connectivity index (χ4n) is 3.40. The molecule has 2 rings (SSSR count). The van der Waals surface area contributed by atoms with Crippen molar-refractivity contribution in [2.75, 3.05) is 14.2 Å². The Morgan fingerprint density at radius 1 is 1.26 bits per heavy atom. The number of rotatable bonds is 4. The lowest BCUT2D eigenvalue weighted by Gasteiger charge is -2.41. The standard InChI is InChI=1S/C16H24BrNO/c1-16(9-5-4-6-10-16)15(18-2)13-8-7-12(19-3)11-14(13)17/h7-8,11,15,18H,4-6,9-10H2,1-3H3. The molecule has 0 spiro atoms. The van der Waals surface area contributed by atoms with Crippen molar-refractivity contribution in [2.24, 2.45) is 5.41 Å². The quantitative estimate of drug-likeness (QED) is 0.867. The van der Waals surface area contributed by atoms with Crippen molar-refractivity contribution < 1.29 is 4.74 Å². The number of hydrogen-bond acceptors (Lipinski definition) is 2. The van der Waals surface area contributed by atoms with Gasteiger partial charge in [0.15, 0.2) is 0 Å². The van der Waals surface area contributed by atoms with Gasteiger partial charge in [-0.1, -0.05) is 48.2 Å². The van der Waals surface area contributed by atoms with Crippen molar-refractivity contribution in [2.45, 2.75) is 45.1 Å². The second-order valence-electron chi connectivity index (χ2n) is 5.82. The van der Waals surface area contributed by atoms with Crippen LogP contribution in [-0.4, -0.2) is 14.2 Å². The van der Waals surface area contributed by atoms with Crippen LogP contribution < -0.4 is 10.1 Å². The highest BCUT2D eigenvalue weighted by atomic mass is 79.9. The summed E-state index contributed by atoms with van der Waals surface area (Å²) in [4.78, 5) is 0. The highest BCUT2D eigenvalue weighted by Gasteiger charge is 2.36. The Labute approximate surface area is 125 Å². The maximum absolute atomic E-state index is 5.28. The summed E-state index contributed by atoms with van der Waals surface area (Å²) in [6.07, 6.45) is 6.69. The Morgan fingerprint density at radius 2 is 1.95 bits per heavy atom. The molecule has 1 aliphatic rings. The van der Waals surface area contributed by atoms with Crippen LogP contribution in [0, 0.1) is 5.41 Å². The van der Waals surface area contributed by atoms with Crippen LogP contribution in [0.3, 0.4) is 0 Å². The minimum absolute atomic E-state index is 0.351. The molecule has 1 fully saturated rings. The van der Waals surface area contributed by atoms with E-state index < -0.39 is 0 Å². The van der Waals surface area contributed by atoms with Gasteiger partial charge in [0.2, 0.25) is 0 Å². The zero-order valence-electron chi connectivity index (χ0n) is 12.1. The second kappa shape index (κ2) is 6.27. The van der Waals surface area contributed by atoms with E-state index in [-0.39, 0.29) is 0 Å². The molecular formula is C16H24BrNO. The molecule has 106 valence electrons. The molecular weight excluding hydrogens is 302 g/mol. The van der Waals surface area contributed by atoms with Gasteiger partial charge in [-0.05, 0) is 43.0 Å². The number of halogens is 1. The van der Waals surface area contributed by atoms with Gasteiger partial charge < -0.3 is 10.1 Å².